The minimum atomic E-state index is -1.57. The van der Waals surface area contributed by atoms with Crippen LogP contribution in [0.5, 0.6) is 0 Å². The maximum Gasteiger partial charge on any atom is 0.220 e. The van der Waals surface area contributed by atoms with E-state index >= 15 is 0 Å². The Balaban J connectivity index is 2.14. The van der Waals surface area contributed by atoms with Crippen molar-refractivity contribution in [2.75, 3.05) is 13.2 Å². The van der Waals surface area contributed by atoms with Gasteiger partial charge in [0.15, 0.2) is 6.29 Å². The number of aliphatic hydroxyl groups is 5. The van der Waals surface area contributed by atoms with Crippen LogP contribution in [0.15, 0.2) is 36.5 Å². The van der Waals surface area contributed by atoms with E-state index in [1.165, 1.54) is 212 Å². The number of rotatable bonds is 51. The lowest BCUT2D eigenvalue weighted by atomic mass is 9.99. The predicted molar refractivity (Wildman–Crippen MR) is 290 cm³/mol. The Morgan fingerprint density at radius 2 is 0.826 bits per heavy atom. The smallest absolute Gasteiger partial charge is 0.220 e. The Bertz CT molecular complexity index is 1180. The third-order valence-electron chi connectivity index (χ3n) is 14.2. The van der Waals surface area contributed by atoms with E-state index in [0.717, 1.165) is 51.4 Å². The number of amides is 1. The van der Waals surface area contributed by atoms with Gasteiger partial charge in [-0.1, -0.05) is 269 Å². The van der Waals surface area contributed by atoms with Crippen molar-refractivity contribution in [2.45, 2.75) is 326 Å². The van der Waals surface area contributed by atoms with E-state index in [1.807, 2.05) is 6.08 Å². The van der Waals surface area contributed by atoms with Crippen LogP contribution in [0.4, 0.5) is 0 Å². The second kappa shape index (κ2) is 50.0. The number of aliphatic hydroxyl groups excluding tert-OH is 5. The van der Waals surface area contributed by atoms with E-state index in [1.54, 1.807) is 6.08 Å². The molecule has 0 radical (unpaired) electrons. The van der Waals surface area contributed by atoms with E-state index < -0.39 is 49.5 Å². The second-order valence-electron chi connectivity index (χ2n) is 20.8. The highest BCUT2D eigenvalue weighted by atomic mass is 16.7. The zero-order valence-corrected chi connectivity index (χ0v) is 45.1. The fraction of sp³-hybridized carbons (Fsp3) is 0.883. The molecule has 7 unspecified atom stereocenters. The first kappa shape index (κ1) is 65.4. The number of carbonyl (C=O) groups is 1. The summed E-state index contributed by atoms with van der Waals surface area (Å²) in [4.78, 5) is 13.0. The lowest BCUT2D eigenvalue weighted by Gasteiger charge is -2.40. The average molecular weight is 977 g/mol. The Hall–Kier alpha value is -1.59. The zero-order chi connectivity index (χ0) is 50.1. The molecule has 0 spiro atoms. The largest absolute Gasteiger partial charge is 0.394 e. The molecule has 69 heavy (non-hydrogen) atoms. The van der Waals surface area contributed by atoms with Crippen molar-refractivity contribution >= 4 is 5.91 Å². The molecule has 1 aliphatic rings. The topological polar surface area (TPSA) is 149 Å². The third kappa shape index (κ3) is 39.6. The number of hydrogen-bond donors (Lipinski definition) is 6. The average Bonchev–Trinajstić information content (AvgIpc) is 3.35. The normalized spacial score (nSPS) is 19.7. The molecular weight excluding hydrogens is 863 g/mol. The second-order valence-corrected chi connectivity index (χ2v) is 20.8. The molecule has 1 fully saturated rings. The summed E-state index contributed by atoms with van der Waals surface area (Å²) in [6.07, 6.45) is 58.1. The minimum Gasteiger partial charge on any atom is -0.394 e. The first-order valence-electron chi connectivity index (χ1n) is 29.7. The van der Waals surface area contributed by atoms with Crippen molar-refractivity contribution in [3.63, 3.8) is 0 Å². The molecule has 1 aliphatic heterocycles. The maximum atomic E-state index is 13.0. The molecule has 7 atom stereocenters. The monoisotopic (exact) mass is 976 g/mol. The molecule has 0 aromatic carbocycles. The number of hydrogen-bond acceptors (Lipinski definition) is 8. The van der Waals surface area contributed by atoms with Crippen molar-refractivity contribution in [2.24, 2.45) is 0 Å². The Morgan fingerprint density at radius 1 is 0.478 bits per heavy atom. The van der Waals surface area contributed by atoms with Gasteiger partial charge in [0.2, 0.25) is 5.91 Å². The molecule has 9 heteroatoms. The van der Waals surface area contributed by atoms with Gasteiger partial charge in [0.1, 0.15) is 24.4 Å². The van der Waals surface area contributed by atoms with Crippen molar-refractivity contribution in [1.29, 1.82) is 0 Å². The van der Waals surface area contributed by atoms with Gasteiger partial charge in [-0.2, -0.15) is 0 Å². The van der Waals surface area contributed by atoms with Gasteiger partial charge in [-0.3, -0.25) is 4.79 Å². The van der Waals surface area contributed by atoms with Crippen LogP contribution < -0.4 is 5.32 Å². The summed E-state index contributed by atoms with van der Waals surface area (Å²) in [6.45, 7) is 3.77. The number of unbranched alkanes of at least 4 members (excludes halogenated alkanes) is 37. The van der Waals surface area contributed by atoms with Crippen molar-refractivity contribution in [1.82, 2.24) is 5.32 Å². The fourth-order valence-corrected chi connectivity index (χ4v) is 9.49. The summed E-state index contributed by atoms with van der Waals surface area (Å²) in [6, 6.07) is -0.825. The predicted octanol–water partition coefficient (Wildman–Crippen LogP) is 14.7. The molecule has 0 aromatic heterocycles. The van der Waals surface area contributed by atoms with E-state index in [9.17, 15) is 30.3 Å². The molecule has 1 heterocycles. The minimum absolute atomic E-state index is 0.186. The van der Waals surface area contributed by atoms with Gasteiger partial charge in [-0.15, -0.1) is 0 Å². The summed E-state index contributed by atoms with van der Waals surface area (Å²) in [7, 11) is 0. The van der Waals surface area contributed by atoms with Crippen LogP contribution in [-0.2, 0) is 14.3 Å². The Kier molecular flexibility index (Phi) is 47.4. The third-order valence-corrected chi connectivity index (χ3v) is 14.2. The SMILES string of the molecule is CCCCCCC/C=C/CC/C=C/CC/C=C/C(O)C(COC1OC(CO)C(O)C(O)C1O)NC(=O)CCCCCCCCCCCCCCCCCCCCCCCCCCCCCCCCC. The van der Waals surface area contributed by atoms with Crippen LogP contribution in [0.1, 0.15) is 284 Å². The highest BCUT2D eigenvalue weighted by Gasteiger charge is 2.44. The lowest BCUT2D eigenvalue weighted by molar-refractivity contribution is -0.302. The maximum absolute atomic E-state index is 13.0. The Labute approximate surface area is 425 Å². The molecule has 9 nitrogen and oxygen atoms in total. The van der Waals surface area contributed by atoms with E-state index in [4.69, 9.17) is 9.47 Å². The first-order chi connectivity index (χ1) is 33.8. The van der Waals surface area contributed by atoms with Crippen LogP contribution in [-0.4, -0.2) is 87.5 Å². The van der Waals surface area contributed by atoms with Gasteiger partial charge in [-0.25, -0.2) is 0 Å². The molecule has 1 saturated heterocycles. The van der Waals surface area contributed by atoms with Gasteiger partial charge < -0.3 is 40.3 Å². The highest BCUT2D eigenvalue weighted by molar-refractivity contribution is 5.76. The zero-order valence-electron chi connectivity index (χ0n) is 45.1. The summed E-state index contributed by atoms with van der Waals surface area (Å²) in [5.74, 6) is -0.186. The van der Waals surface area contributed by atoms with Crippen molar-refractivity contribution in [3.05, 3.63) is 36.5 Å². The summed E-state index contributed by atoms with van der Waals surface area (Å²) >= 11 is 0. The number of allylic oxidation sites excluding steroid dienone is 5. The van der Waals surface area contributed by atoms with Gasteiger partial charge in [0, 0.05) is 6.42 Å². The van der Waals surface area contributed by atoms with Crippen LogP contribution in [0, 0.1) is 0 Å². The lowest BCUT2D eigenvalue weighted by Crippen LogP contribution is -2.60. The fourth-order valence-electron chi connectivity index (χ4n) is 9.49. The molecule has 406 valence electrons. The molecule has 0 aromatic rings. The summed E-state index contributed by atoms with van der Waals surface area (Å²) in [5.41, 5.74) is 0. The highest BCUT2D eigenvalue weighted by Crippen LogP contribution is 2.23. The summed E-state index contributed by atoms with van der Waals surface area (Å²) < 4.78 is 11.2. The van der Waals surface area contributed by atoms with E-state index in [-0.39, 0.29) is 12.5 Å². The van der Waals surface area contributed by atoms with Gasteiger partial charge >= 0.3 is 0 Å². The molecule has 1 rings (SSSR count). The first-order valence-corrected chi connectivity index (χ1v) is 29.7. The molecule has 0 bridgehead atoms. The van der Waals surface area contributed by atoms with Gasteiger partial charge in [0.05, 0.1) is 25.4 Å². The van der Waals surface area contributed by atoms with Crippen LogP contribution >= 0.6 is 0 Å². The molecule has 0 aliphatic carbocycles. The van der Waals surface area contributed by atoms with Gasteiger partial charge in [0.25, 0.3) is 0 Å². The van der Waals surface area contributed by atoms with Crippen LogP contribution in [0.25, 0.3) is 0 Å². The van der Waals surface area contributed by atoms with Crippen molar-refractivity contribution in [3.8, 4) is 0 Å². The summed E-state index contributed by atoms with van der Waals surface area (Å²) in [5, 5.41) is 54.4. The van der Waals surface area contributed by atoms with Crippen molar-refractivity contribution < 1.29 is 39.8 Å². The molecule has 6 N–H and O–H groups in total. The number of ether oxygens (including phenoxy) is 2. The van der Waals surface area contributed by atoms with E-state index in [0.29, 0.717) is 6.42 Å². The Morgan fingerprint density at radius 3 is 1.22 bits per heavy atom. The van der Waals surface area contributed by atoms with Crippen LogP contribution in [0.2, 0.25) is 0 Å². The number of carbonyl (C=O) groups excluding carboxylic acids is 1. The van der Waals surface area contributed by atoms with Gasteiger partial charge in [-0.05, 0) is 44.9 Å². The van der Waals surface area contributed by atoms with E-state index in [2.05, 4.69) is 43.5 Å². The molecular formula is C60H113NO8. The number of nitrogens with one attached hydrogen (secondary N) is 1. The molecule has 0 saturated carbocycles. The van der Waals surface area contributed by atoms with Crippen LogP contribution in [0.3, 0.4) is 0 Å². The standard InChI is InChI=1S/C60H113NO8/c1-3-5-7-9-11-13-15-17-19-20-21-22-23-24-25-26-27-28-29-30-31-32-33-34-36-38-40-42-44-46-48-50-56(64)61-53(52-68-60-59(67)58(66)57(65)55(51-62)69-60)54(63)49-47-45-43-41-39-37-35-18-16-14-12-10-8-6-4-2/h16,18,39,41,47,49,53-55,57-60,62-63,65-67H,3-15,17,19-38,40,42-46,48,50-52H2,1-2H3,(H,61,64)/b18-16+,41-39+,49-47+. The quantitative estimate of drug-likeness (QED) is 0.0261. The molecule has 1 amide bonds.